The SMILES string of the molecule is CCc1cccc(OC2CN(C(=O)[C@H]3CCCN(C(C)=O)C3)C2)c1. The highest BCUT2D eigenvalue weighted by Gasteiger charge is 2.37. The van der Waals surface area contributed by atoms with Crippen molar-refractivity contribution in [1.29, 1.82) is 0 Å². The Hall–Kier alpha value is -2.04. The Morgan fingerprint density at radius 3 is 2.71 bits per heavy atom. The van der Waals surface area contributed by atoms with Gasteiger partial charge in [0.05, 0.1) is 19.0 Å². The van der Waals surface area contributed by atoms with E-state index in [-0.39, 0.29) is 23.8 Å². The number of carbonyl (C=O) groups excluding carboxylic acids is 2. The third kappa shape index (κ3) is 3.71. The molecule has 2 fully saturated rings. The molecule has 0 aliphatic carbocycles. The lowest BCUT2D eigenvalue weighted by Gasteiger charge is -2.42. The number of likely N-dealkylation sites (tertiary alicyclic amines) is 2. The molecule has 5 heteroatoms. The second kappa shape index (κ2) is 7.24. The molecule has 0 N–H and O–H groups in total. The molecule has 1 atom stereocenters. The molecule has 2 heterocycles. The van der Waals surface area contributed by atoms with Crippen molar-refractivity contribution >= 4 is 11.8 Å². The van der Waals surface area contributed by atoms with Crippen LogP contribution in [0.25, 0.3) is 0 Å². The first-order valence-corrected chi connectivity index (χ1v) is 8.86. The van der Waals surface area contributed by atoms with Crippen molar-refractivity contribution < 1.29 is 14.3 Å². The molecule has 3 rings (SSSR count). The molecule has 2 amide bonds. The Morgan fingerprint density at radius 2 is 2.00 bits per heavy atom. The van der Waals surface area contributed by atoms with Crippen LogP contribution in [0.3, 0.4) is 0 Å². The van der Waals surface area contributed by atoms with Gasteiger partial charge >= 0.3 is 0 Å². The van der Waals surface area contributed by atoms with Gasteiger partial charge in [-0.3, -0.25) is 9.59 Å². The molecule has 5 nitrogen and oxygen atoms in total. The molecule has 2 saturated heterocycles. The molecule has 0 aromatic heterocycles. The number of ether oxygens (including phenoxy) is 1. The maximum Gasteiger partial charge on any atom is 0.227 e. The van der Waals surface area contributed by atoms with E-state index in [1.807, 2.05) is 17.0 Å². The fourth-order valence-corrected chi connectivity index (χ4v) is 3.45. The van der Waals surface area contributed by atoms with Crippen LogP contribution in [0.4, 0.5) is 0 Å². The lowest BCUT2D eigenvalue weighted by Crippen LogP contribution is -2.59. The number of rotatable bonds is 4. The van der Waals surface area contributed by atoms with Crippen molar-refractivity contribution in [2.24, 2.45) is 5.92 Å². The van der Waals surface area contributed by atoms with E-state index in [9.17, 15) is 9.59 Å². The molecular weight excluding hydrogens is 304 g/mol. The zero-order chi connectivity index (χ0) is 17.1. The van der Waals surface area contributed by atoms with Crippen LogP contribution in [0.5, 0.6) is 5.75 Å². The molecule has 0 spiro atoms. The average Bonchev–Trinajstić information content (AvgIpc) is 2.57. The summed E-state index contributed by atoms with van der Waals surface area (Å²) < 4.78 is 5.96. The summed E-state index contributed by atoms with van der Waals surface area (Å²) in [4.78, 5) is 27.7. The van der Waals surface area contributed by atoms with Gasteiger partial charge in [-0.2, -0.15) is 0 Å². The summed E-state index contributed by atoms with van der Waals surface area (Å²) in [7, 11) is 0. The van der Waals surface area contributed by atoms with Gasteiger partial charge in [0, 0.05) is 20.0 Å². The van der Waals surface area contributed by atoms with Gasteiger partial charge in [0.2, 0.25) is 11.8 Å². The van der Waals surface area contributed by atoms with E-state index >= 15 is 0 Å². The molecule has 1 aromatic carbocycles. The Kier molecular flexibility index (Phi) is 5.07. The fourth-order valence-electron chi connectivity index (χ4n) is 3.45. The monoisotopic (exact) mass is 330 g/mol. The van der Waals surface area contributed by atoms with Crippen molar-refractivity contribution in [3.05, 3.63) is 29.8 Å². The lowest BCUT2D eigenvalue weighted by molar-refractivity contribution is -0.147. The summed E-state index contributed by atoms with van der Waals surface area (Å²) in [6.07, 6.45) is 2.85. The number of benzene rings is 1. The quantitative estimate of drug-likeness (QED) is 0.849. The zero-order valence-electron chi connectivity index (χ0n) is 14.5. The zero-order valence-corrected chi connectivity index (χ0v) is 14.5. The molecule has 0 unspecified atom stereocenters. The highest BCUT2D eigenvalue weighted by molar-refractivity contribution is 5.81. The smallest absolute Gasteiger partial charge is 0.227 e. The maximum absolute atomic E-state index is 12.6. The third-order valence-corrected chi connectivity index (χ3v) is 4.99. The minimum atomic E-state index is -0.0491. The van der Waals surface area contributed by atoms with Gasteiger partial charge < -0.3 is 14.5 Å². The molecule has 2 aliphatic heterocycles. The summed E-state index contributed by atoms with van der Waals surface area (Å²) in [5.41, 5.74) is 1.26. The van der Waals surface area contributed by atoms with Crippen LogP contribution in [0.2, 0.25) is 0 Å². The number of amides is 2. The van der Waals surface area contributed by atoms with Gasteiger partial charge in [-0.15, -0.1) is 0 Å². The van der Waals surface area contributed by atoms with Gasteiger partial charge in [-0.1, -0.05) is 19.1 Å². The van der Waals surface area contributed by atoms with E-state index in [4.69, 9.17) is 4.74 Å². The number of aryl methyl sites for hydroxylation is 1. The normalized spacial score (nSPS) is 21.3. The Bertz CT molecular complexity index is 610. The fraction of sp³-hybridized carbons (Fsp3) is 0.579. The highest BCUT2D eigenvalue weighted by atomic mass is 16.5. The summed E-state index contributed by atoms with van der Waals surface area (Å²) in [6, 6.07) is 8.13. The maximum atomic E-state index is 12.6. The standard InChI is InChI=1S/C19H26N2O3/c1-3-15-6-4-8-17(10-15)24-18-12-21(13-18)19(23)16-7-5-9-20(11-16)14(2)22/h4,6,8,10,16,18H,3,5,7,9,11-13H2,1-2H3/t16-/m0/s1. The van der Waals surface area contributed by atoms with Crippen LogP contribution in [0.15, 0.2) is 24.3 Å². The summed E-state index contributed by atoms with van der Waals surface area (Å²) >= 11 is 0. The lowest BCUT2D eigenvalue weighted by atomic mass is 9.95. The number of hydrogen-bond donors (Lipinski definition) is 0. The van der Waals surface area contributed by atoms with Gasteiger partial charge in [0.1, 0.15) is 11.9 Å². The van der Waals surface area contributed by atoms with E-state index in [0.717, 1.165) is 31.6 Å². The molecule has 0 radical (unpaired) electrons. The summed E-state index contributed by atoms with van der Waals surface area (Å²) in [6.45, 7) is 6.33. The van der Waals surface area contributed by atoms with Gasteiger partial charge in [0.15, 0.2) is 0 Å². The third-order valence-electron chi connectivity index (χ3n) is 4.99. The molecule has 1 aromatic rings. The van der Waals surface area contributed by atoms with Crippen LogP contribution >= 0.6 is 0 Å². The second-order valence-electron chi connectivity index (χ2n) is 6.79. The van der Waals surface area contributed by atoms with Gasteiger partial charge in [-0.05, 0) is 37.0 Å². The topological polar surface area (TPSA) is 49.9 Å². The second-order valence-corrected chi connectivity index (χ2v) is 6.79. The molecule has 2 aliphatic rings. The van der Waals surface area contributed by atoms with Crippen molar-refractivity contribution in [3.63, 3.8) is 0 Å². The average molecular weight is 330 g/mol. The summed E-state index contributed by atoms with van der Waals surface area (Å²) in [5, 5.41) is 0. The molecular formula is C19H26N2O3. The van der Waals surface area contributed by atoms with E-state index in [1.54, 1.807) is 11.8 Å². The van der Waals surface area contributed by atoms with E-state index in [2.05, 4.69) is 19.1 Å². The molecule has 130 valence electrons. The van der Waals surface area contributed by atoms with Crippen molar-refractivity contribution in [3.8, 4) is 5.75 Å². The van der Waals surface area contributed by atoms with E-state index < -0.39 is 0 Å². The predicted molar refractivity (Wildman–Crippen MR) is 91.8 cm³/mol. The number of nitrogens with zero attached hydrogens (tertiary/aromatic N) is 2. The van der Waals surface area contributed by atoms with Crippen LogP contribution in [-0.4, -0.2) is 53.9 Å². The van der Waals surface area contributed by atoms with Crippen LogP contribution in [0.1, 0.15) is 32.3 Å². The Labute approximate surface area is 143 Å². The molecule has 0 bridgehead atoms. The first kappa shape index (κ1) is 16.8. The molecule has 0 saturated carbocycles. The largest absolute Gasteiger partial charge is 0.487 e. The van der Waals surface area contributed by atoms with Crippen LogP contribution < -0.4 is 4.74 Å². The minimum Gasteiger partial charge on any atom is -0.487 e. The number of hydrogen-bond acceptors (Lipinski definition) is 3. The number of piperidine rings is 1. The van der Waals surface area contributed by atoms with Crippen molar-refractivity contribution in [2.75, 3.05) is 26.2 Å². The van der Waals surface area contributed by atoms with Crippen molar-refractivity contribution in [2.45, 2.75) is 39.2 Å². The first-order valence-electron chi connectivity index (χ1n) is 8.86. The van der Waals surface area contributed by atoms with Gasteiger partial charge in [-0.25, -0.2) is 0 Å². The van der Waals surface area contributed by atoms with Crippen LogP contribution in [-0.2, 0) is 16.0 Å². The first-order chi connectivity index (χ1) is 11.6. The van der Waals surface area contributed by atoms with Crippen LogP contribution in [0, 0.1) is 5.92 Å². The summed E-state index contributed by atoms with van der Waals surface area (Å²) in [5.74, 6) is 1.06. The van der Waals surface area contributed by atoms with E-state index in [1.165, 1.54) is 5.56 Å². The highest BCUT2D eigenvalue weighted by Crippen LogP contribution is 2.24. The number of carbonyl (C=O) groups is 2. The van der Waals surface area contributed by atoms with Crippen molar-refractivity contribution in [1.82, 2.24) is 9.80 Å². The molecule has 24 heavy (non-hydrogen) atoms. The Balaban J connectivity index is 1.49. The Morgan fingerprint density at radius 1 is 1.21 bits per heavy atom. The van der Waals surface area contributed by atoms with Gasteiger partial charge in [0.25, 0.3) is 0 Å². The minimum absolute atomic E-state index is 0.0491. The van der Waals surface area contributed by atoms with E-state index in [0.29, 0.717) is 19.6 Å². The predicted octanol–water partition coefficient (Wildman–Crippen LogP) is 2.10.